The van der Waals surface area contributed by atoms with E-state index in [1.54, 1.807) is 19.2 Å². The Morgan fingerprint density at radius 2 is 1.57 bits per heavy atom. The normalized spacial score (nSPS) is 15.0. The number of piperidine rings is 1. The number of hydrogen-bond donors (Lipinski definition) is 3. The van der Waals surface area contributed by atoms with Crippen molar-refractivity contribution < 1.29 is 19.1 Å². The molecule has 2 unspecified atom stereocenters. The molecule has 0 aliphatic carbocycles. The first kappa shape index (κ1) is 31.1. The Labute approximate surface area is 251 Å². The molecule has 1 aliphatic rings. The molecular weight excluding hydrogens is 556 g/mol. The average Bonchev–Trinajstić information content (AvgIpc) is 3.02. The van der Waals surface area contributed by atoms with Crippen LogP contribution < -0.4 is 21.5 Å². The third-order valence-corrected chi connectivity index (χ3v) is 8.07. The number of nitrogens with zero attached hydrogens (tertiary/aromatic N) is 3. The molecule has 0 radical (unpaired) electrons. The molecule has 2 atom stereocenters. The Kier molecular flexibility index (Phi) is 11.0. The monoisotopic (exact) mass is 594 g/mol. The molecule has 5 N–H and O–H groups in total. The number of amides is 1. The number of carbonyl (C=O) groups is 2. The van der Waals surface area contributed by atoms with Crippen LogP contribution in [0.25, 0.3) is 0 Å². The second-order valence-corrected chi connectivity index (χ2v) is 10.9. The minimum absolute atomic E-state index is 0.0447. The van der Waals surface area contributed by atoms with E-state index in [9.17, 15) is 9.59 Å². The summed E-state index contributed by atoms with van der Waals surface area (Å²) in [6.07, 6.45) is 6.18. The van der Waals surface area contributed by atoms with Crippen LogP contribution in [0.5, 0.6) is 5.75 Å². The van der Waals surface area contributed by atoms with Crippen LogP contribution in [0.15, 0.2) is 48.5 Å². The van der Waals surface area contributed by atoms with E-state index in [0.717, 1.165) is 43.8 Å². The molecule has 1 aliphatic heterocycles. The quantitative estimate of drug-likeness (QED) is 0.246. The van der Waals surface area contributed by atoms with Crippen molar-refractivity contribution in [2.24, 2.45) is 0 Å². The smallest absolute Gasteiger partial charge is 0.337 e. The van der Waals surface area contributed by atoms with E-state index in [1.165, 1.54) is 31.9 Å². The molecule has 1 amide bonds. The van der Waals surface area contributed by atoms with Crippen molar-refractivity contribution in [3.63, 3.8) is 0 Å². The Bertz CT molecular complexity index is 1350. The highest BCUT2D eigenvalue weighted by atomic mass is 35.5. The highest BCUT2D eigenvalue weighted by molar-refractivity contribution is 6.31. The second-order valence-electron chi connectivity index (χ2n) is 10.5. The van der Waals surface area contributed by atoms with Gasteiger partial charge in [-0.2, -0.15) is 0 Å². The van der Waals surface area contributed by atoms with Crippen LogP contribution in [-0.2, 0) is 4.74 Å². The standard InChI is InChI=1S/C31H39ClN6O4/c1-41-24-13-10-20(11-14-24)21(16-19-38-17-4-3-5-18-38)12-15-25(22-6-8-23(9-7-22)31(40)42-2)35-30(39)26-28(33)37-29(34)27(32)36-26/h6-11,13-14,21,25H,3-5,12,15-19H2,1-2H3,(H,35,39)(H4,33,34,37). The van der Waals surface area contributed by atoms with E-state index in [1.807, 2.05) is 24.3 Å². The Hall–Kier alpha value is -3.89. The Balaban J connectivity index is 1.58. The number of methoxy groups -OCH3 is 2. The molecule has 2 aromatic carbocycles. The maximum absolute atomic E-state index is 13.4. The lowest BCUT2D eigenvalue weighted by Gasteiger charge is -2.29. The van der Waals surface area contributed by atoms with E-state index >= 15 is 0 Å². The van der Waals surface area contributed by atoms with Crippen molar-refractivity contribution in [1.82, 2.24) is 20.2 Å². The van der Waals surface area contributed by atoms with Gasteiger partial charge in [0.1, 0.15) is 5.75 Å². The maximum Gasteiger partial charge on any atom is 0.337 e. The first-order chi connectivity index (χ1) is 20.3. The number of rotatable bonds is 12. The summed E-state index contributed by atoms with van der Waals surface area (Å²) >= 11 is 6.04. The molecule has 0 spiro atoms. The van der Waals surface area contributed by atoms with Crippen LogP contribution in [0, 0.1) is 0 Å². The summed E-state index contributed by atoms with van der Waals surface area (Å²) in [6.45, 7) is 3.28. The third-order valence-electron chi connectivity index (χ3n) is 7.79. The molecule has 1 saturated heterocycles. The summed E-state index contributed by atoms with van der Waals surface area (Å²) < 4.78 is 10.2. The molecule has 3 aromatic rings. The second kappa shape index (κ2) is 14.8. The van der Waals surface area contributed by atoms with Gasteiger partial charge in [-0.15, -0.1) is 0 Å². The van der Waals surface area contributed by atoms with Crippen LogP contribution in [0.3, 0.4) is 0 Å². The average molecular weight is 595 g/mol. The van der Waals surface area contributed by atoms with Gasteiger partial charge >= 0.3 is 5.97 Å². The number of nitrogens with one attached hydrogen (secondary N) is 1. The van der Waals surface area contributed by atoms with Gasteiger partial charge in [0, 0.05) is 0 Å². The third kappa shape index (κ3) is 8.10. The Morgan fingerprint density at radius 1 is 0.905 bits per heavy atom. The molecule has 224 valence electrons. The number of esters is 1. The fraction of sp³-hybridized carbons (Fsp3) is 0.419. The number of nitrogen functional groups attached to an aromatic ring is 2. The van der Waals surface area contributed by atoms with Gasteiger partial charge in [-0.3, -0.25) is 4.79 Å². The topological polar surface area (TPSA) is 146 Å². The highest BCUT2D eigenvalue weighted by Gasteiger charge is 2.24. The Morgan fingerprint density at radius 3 is 2.21 bits per heavy atom. The van der Waals surface area contributed by atoms with Crippen molar-refractivity contribution >= 4 is 35.1 Å². The van der Waals surface area contributed by atoms with Gasteiger partial charge in [-0.05, 0) is 93.0 Å². The zero-order valence-electron chi connectivity index (χ0n) is 24.1. The van der Waals surface area contributed by atoms with Crippen LogP contribution in [-0.4, -0.2) is 60.6 Å². The van der Waals surface area contributed by atoms with Gasteiger partial charge in [0.15, 0.2) is 22.5 Å². The van der Waals surface area contributed by atoms with Gasteiger partial charge in [0.05, 0.1) is 25.8 Å². The number of likely N-dealkylation sites (tertiary alicyclic amines) is 1. The molecule has 10 nitrogen and oxygen atoms in total. The van der Waals surface area contributed by atoms with Gasteiger partial charge < -0.3 is 31.2 Å². The predicted molar refractivity (Wildman–Crippen MR) is 164 cm³/mol. The first-order valence-electron chi connectivity index (χ1n) is 14.2. The first-order valence-corrected chi connectivity index (χ1v) is 14.6. The minimum atomic E-state index is -0.516. The van der Waals surface area contributed by atoms with Crippen LogP contribution >= 0.6 is 11.6 Å². The SMILES string of the molecule is COC(=O)c1ccc(C(CCC(CCN2CCCCC2)c2ccc(OC)cc2)NC(=O)c2nc(Cl)c(N)nc2N)cc1. The van der Waals surface area contributed by atoms with E-state index in [2.05, 4.69) is 32.3 Å². The van der Waals surface area contributed by atoms with Crippen LogP contribution in [0.1, 0.15) is 82.5 Å². The lowest BCUT2D eigenvalue weighted by atomic mass is 9.87. The van der Waals surface area contributed by atoms with Crippen molar-refractivity contribution in [2.45, 2.75) is 50.5 Å². The fourth-order valence-electron chi connectivity index (χ4n) is 5.37. The molecule has 1 fully saturated rings. The van der Waals surface area contributed by atoms with E-state index in [-0.39, 0.29) is 28.4 Å². The van der Waals surface area contributed by atoms with E-state index in [0.29, 0.717) is 12.0 Å². The van der Waals surface area contributed by atoms with Gasteiger partial charge in [-0.25, -0.2) is 14.8 Å². The summed E-state index contributed by atoms with van der Waals surface area (Å²) in [5, 5.41) is 2.97. The number of anilines is 2. The number of benzene rings is 2. The molecule has 2 heterocycles. The molecule has 4 rings (SSSR count). The predicted octanol–water partition coefficient (Wildman–Crippen LogP) is 5.00. The maximum atomic E-state index is 13.4. The van der Waals surface area contributed by atoms with Crippen LogP contribution in [0.2, 0.25) is 5.15 Å². The summed E-state index contributed by atoms with van der Waals surface area (Å²) in [6, 6.07) is 14.8. The summed E-state index contributed by atoms with van der Waals surface area (Å²) in [5.74, 6) is -0.0339. The van der Waals surface area contributed by atoms with Crippen molar-refractivity contribution in [3.8, 4) is 5.75 Å². The summed E-state index contributed by atoms with van der Waals surface area (Å²) in [5.41, 5.74) is 14.0. The summed E-state index contributed by atoms with van der Waals surface area (Å²) in [7, 11) is 3.00. The van der Waals surface area contributed by atoms with Gasteiger partial charge in [0.25, 0.3) is 5.91 Å². The number of hydrogen-bond acceptors (Lipinski definition) is 9. The zero-order chi connectivity index (χ0) is 30.1. The summed E-state index contributed by atoms with van der Waals surface area (Å²) in [4.78, 5) is 35.9. The number of aromatic nitrogens is 2. The highest BCUT2D eigenvalue weighted by Crippen LogP contribution is 2.32. The molecule has 42 heavy (non-hydrogen) atoms. The lowest BCUT2D eigenvalue weighted by Crippen LogP contribution is -2.32. The van der Waals surface area contributed by atoms with Gasteiger partial charge in [0.2, 0.25) is 0 Å². The van der Waals surface area contributed by atoms with E-state index in [4.69, 9.17) is 32.5 Å². The molecular formula is C31H39ClN6O4. The number of carbonyl (C=O) groups excluding carboxylic acids is 2. The van der Waals surface area contributed by atoms with E-state index < -0.39 is 17.9 Å². The van der Waals surface area contributed by atoms with Crippen molar-refractivity contribution in [3.05, 3.63) is 76.1 Å². The van der Waals surface area contributed by atoms with Crippen molar-refractivity contribution in [2.75, 3.05) is 45.3 Å². The molecule has 0 saturated carbocycles. The van der Waals surface area contributed by atoms with Gasteiger partial charge in [-0.1, -0.05) is 42.3 Å². The number of halogens is 1. The molecule has 0 bridgehead atoms. The zero-order valence-corrected chi connectivity index (χ0v) is 24.9. The molecule has 1 aromatic heterocycles. The molecule has 11 heteroatoms. The lowest BCUT2D eigenvalue weighted by molar-refractivity contribution is 0.0600. The number of nitrogens with two attached hydrogens (primary N) is 2. The van der Waals surface area contributed by atoms with Crippen molar-refractivity contribution in [1.29, 1.82) is 0 Å². The largest absolute Gasteiger partial charge is 0.497 e. The van der Waals surface area contributed by atoms with Crippen LogP contribution in [0.4, 0.5) is 11.6 Å². The number of ether oxygens (including phenoxy) is 2. The minimum Gasteiger partial charge on any atom is -0.497 e. The fourth-order valence-corrected chi connectivity index (χ4v) is 5.50.